The molecule has 0 fully saturated rings. The average Bonchev–Trinajstić information content (AvgIpc) is 3.70. The Balaban J connectivity index is 0.000000170. The van der Waals surface area contributed by atoms with Crippen molar-refractivity contribution in [3.63, 3.8) is 0 Å². The monoisotopic (exact) mass is 697 g/mol. The van der Waals surface area contributed by atoms with E-state index in [1.807, 2.05) is 4.57 Å². The highest BCUT2D eigenvalue weighted by Gasteiger charge is 2.31. The Bertz CT molecular complexity index is 2290. The Morgan fingerprint density at radius 2 is 1.90 bits per heavy atom. The molecule has 48 heavy (non-hydrogen) atoms. The van der Waals surface area contributed by atoms with Crippen LogP contribution in [0.25, 0.3) is 5.78 Å². The lowest BCUT2D eigenvalue weighted by Crippen LogP contribution is -2.39. The quantitative estimate of drug-likeness (QED) is 0.273. The first-order chi connectivity index (χ1) is 22.7. The molecule has 5 heterocycles. The van der Waals surface area contributed by atoms with Gasteiger partial charge in [-0.25, -0.2) is 27.7 Å². The number of ether oxygens (including phenoxy) is 1. The lowest BCUT2D eigenvalue weighted by Gasteiger charge is -2.28. The maximum absolute atomic E-state index is 14.5. The van der Waals surface area contributed by atoms with Crippen molar-refractivity contribution in [2.24, 2.45) is 10.4 Å². The Morgan fingerprint density at radius 1 is 1.15 bits per heavy atom. The van der Waals surface area contributed by atoms with E-state index >= 15 is 0 Å². The van der Waals surface area contributed by atoms with Gasteiger partial charge in [-0.3, -0.25) is 14.4 Å². The number of nitrogens with one attached hydrogen (secondary N) is 1. The molecule has 0 spiro atoms. The molecule has 0 saturated heterocycles. The number of carbonyl (C=O) groups is 1. The van der Waals surface area contributed by atoms with Crippen LogP contribution in [0.15, 0.2) is 52.7 Å². The SMILES string of the molecule is C#CCN1C(=O)COc2cc(F)c(/N=c3\snc4n3CC(C)(C)C4)cc21.Cc1ccn2nc(S(=O)(=O)Nc3c(F)cccc3F)nc2n1. The first-order valence-corrected chi connectivity index (χ1v) is 16.5. The molecule has 0 saturated carbocycles. The Kier molecular flexibility index (Phi) is 8.43. The first kappa shape index (κ1) is 32.7. The molecule has 5 aromatic rings. The summed E-state index contributed by atoms with van der Waals surface area (Å²) < 4.78 is 80.6. The van der Waals surface area contributed by atoms with Crippen LogP contribution in [0.5, 0.6) is 5.75 Å². The number of aromatic nitrogens is 6. The summed E-state index contributed by atoms with van der Waals surface area (Å²) in [7, 11) is -4.35. The van der Waals surface area contributed by atoms with Gasteiger partial charge >= 0.3 is 0 Å². The van der Waals surface area contributed by atoms with Crippen LogP contribution in [0.3, 0.4) is 0 Å². The van der Waals surface area contributed by atoms with E-state index in [4.69, 9.17) is 11.2 Å². The zero-order valence-electron chi connectivity index (χ0n) is 25.6. The highest BCUT2D eigenvalue weighted by atomic mass is 32.2. The molecular formula is C30H26F3N9O4S2. The highest BCUT2D eigenvalue weighted by Crippen LogP contribution is 2.37. The van der Waals surface area contributed by atoms with Gasteiger partial charge in [0, 0.05) is 42.5 Å². The van der Waals surface area contributed by atoms with Crippen LogP contribution in [0.4, 0.5) is 30.2 Å². The van der Waals surface area contributed by atoms with Crippen molar-refractivity contribution < 1.29 is 31.1 Å². The maximum Gasteiger partial charge on any atom is 0.299 e. The number of hydrogen-bond donors (Lipinski definition) is 1. The first-order valence-electron chi connectivity index (χ1n) is 14.2. The van der Waals surface area contributed by atoms with E-state index in [2.05, 4.69) is 44.2 Å². The van der Waals surface area contributed by atoms with Crippen LogP contribution < -0.4 is 19.2 Å². The number of terminal acetylenes is 1. The Labute approximate surface area is 276 Å². The predicted molar refractivity (Wildman–Crippen MR) is 169 cm³/mol. The lowest BCUT2D eigenvalue weighted by atomic mass is 9.92. The van der Waals surface area contributed by atoms with Crippen molar-refractivity contribution in [3.8, 4) is 18.1 Å². The molecule has 18 heteroatoms. The molecule has 2 aromatic carbocycles. The summed E-state index contributed by atoms with van der Waals surface area (Å²) in [6.45, 7) is 6.76. The summed E-state index contributed by atoms with van der Waals surface area (Å²) in [5.74, 6) is 0.905. The minimum atomic E-state index is -4.35. The number of nitrogens with zero attached hydrogens (tertiary/aromatic N) is 8. The molecule has 1 amide bonds. The number of amides is 1. The third kappa shape index (κ3) is 6.46. The molecule has 1 N–H and O–H groups in total. The third-order valence-corrected chi connectivity index (χ3v) is 9.11. The molecule has 13 nitrogen and oxygen atoms in total. The second-order valence-electron chi connectivity index (χ2n) is 11.6. The van der Waals surface area contributed by atoms with E-state index in [9.17, 15) is 26.4 Å². The van der Waals surface area contributed by atoms with Gasteiger partial charge in [0.15, 0.2) is 12.4 Å². The number of anilines is 2. The normalized spacial score (nSPS) is 15.3. The molecule has 7 rings (SSSR count). The summed E-state index contributed by atoms with van der Waals surface area (Å²) in [6, 6.07) is 7.36. The van der Waals surface area contributed by atoms with Crippen molar-refractivity contribution in [1.82, 2.24) is 28.5 Å². The summed E-state index contributed by atoms with van der Waals surface area (Å²) in [5, 5.41) is 3.10. The van der Waals surface area contributed by atoms with E-state index in [1.54, 1.807) is 17.7 Å². The number of fused-ring (bicyclic) bond motifs is 3. The van der Waals surface area contributed by atoms with Gasteiger partial charge in [-0.1, -0.05) is 25.8 Å². The second kappa shape index (κ2) is 12.4. The third-order valence-electron chi connectivity index (χ3n) is 7.20. The largest absolute Gasteiger partial charge is 0.481 e. The summed E-state index contributed by atoms with van der Waals surface area (Å²) in [6.07, 6.45) is 7.70. The van der Waals surface area contributed by atoms with Crippen LogP contribution >= 0.6 is 11.5 Å². The molecule has 0 bridgehead atoms. The smallest absolute Gasteiger partial charge is 0.299 e. The average molecular weight is 698 g/mol. The highest BCUT2D eigenvalue weighted by molar-refractivity contribution is 7.92. The van der Waals surface area contributed by atoms with E-state index in [-0.39, 0.29) is 35.9 Å². The summed E-state index contributed by atoms with van der Waals surface area (Å²) in [5.41, 5.74) is 0.514. The standard InChI is InChI=1S/C18H17FN4O2S.C12H9F2N5O2S/c1-4-5-22-13-7-12(11(19)6-14(13)25-9-16(22)24)20-17-23-10-18(2,3)8-15(23)21-26-17;1-7-5-6-19-11(15-7)16-12(17-19)22(20,21)18-10-8(13)3-2-4-9(10)14/h1,6-7H,5,8-10H2,2-3H3;2-6,18H,1H3/b20-17-;. The van der Waals surface area contributed by atoms with Gasteiger partial charge in [-0.2, -0.15) is 17.8 Å². The molecule has 2 aliphatic heterocycles. The topological polar surface area (TPSA) is 149 Å². The molecule has 0 atom stereocenters. The van der Waals surface area contributed by atoms with Crippen LogP contribution in [0.1, 0.15) is 25.4 Å². The van der Waals surface area contributed by atoms with Gasteiger partial charge in [0.2, 0.25) is 4.80 Å². The van der Waals surface area contributed by atoms with Crippen molar-refractivity contribution >= 4 is 50.3 Å². The fraction of sp³-hybridized carbons (Fsp3) is 0.267. The number of benzene rings is 2. The second-order valence-corrected chi connectivity index (χ2v) is 13.9. The van der Waals surface area contributed by atoms with Crippen LogP contribution in [0.2, 0.25) is 0 Å². The summed E-state index contributed by atoms with van der Waals surface area (Å²) in [4.78, 5) is 26.3. The van der Waals surface area contributed by atoms with E-state index in [0.29, 0.717) is 21.9 Å². The van der Waals surface area contributed by atoms with Gasteiger partial charge in [-0.15, -0.1) is 11.5 Å². The number of sulfonamides is 1. The minimum Gasteiger partial charge on any atom is -0.481 e. The lowest BCUT2D eigenvalue weighted by molar-refractivity contribution is -0.121. The predicted octanol–water partition coefficient (Wildman–Crippen LogP) is 3.77. The molecule has 3 aromatic heterocycles. The number of hydrogen-bond acceptors (Lipinski definition) is 10. The van der Waals surface area contributed by atoms with E-state index < -0.39 is 38.3 Å². The number of carbonyl (C=O) groups excluding carboxylic acids is 1. The maximum atomic E-state index is 14.5. The van der Waals surface area contributed by atoms with Crippen LogP contribution in [-0.4, -0.2) is 56.0 Å². The summed E-state index contributed by atoms with van der Waals surface area (Å²) >= 11 is 1.24. The van der Waals surface area contributed by atoms with Crippen molar-refractivity contribution in [1.29, 1.82) is 0 Å². The van der Waals surface area contributed by atoms with Gasteiger partial charge in [0.05, 0.1) is 12.2 Å². The van der Waals surface area contributed by atoms with Gasteiger partial charge in [-0.05, 0) is 36.6 Å². The number of rotatable bonds is 5. The molecule has 0 aliphatic carbocycles. The van der Waals surface area contributed by atoms with Crippen molar-refractivity contribution in [2.75, 3.05) is 22.8 Å². The molecule has 0 radical (unpaired) electrons. The van der Waals surface area contributed by atoms with Gasteiger partial charge in [0.1, 0.15) is 34.6 Å². The number of halogens is 3. The fourth-order valence-corrected chi connectivity index (χ4v) is 6.69. The zero-order valence-corrected chi connectivity index (χ0v) is 27.2. The Morgan fingerprint density at radius 3 is 2.62 bits per heavy atom. The minimum absolute atomic E-state index is 0.0642. The molecule has 248 valence electrons. The number of para-hydroxylation sites is 1. The zero-order chi connectivity index (χ0) is 34.4. The molecule has 2 aliphatic rings. The van der Waals surface area contributed by atoms with Crippen LogP contribution in [0, 0.1) is 42.1 Å². The van der Waals surface area contributed by atoms with Crippen LogP contribution in [-0.2, 0) is 27.8 Å². The molecule has 0 unspecified atom stereocenters. The van der Waals surface area contributed by atoms with E-state index in [1.165, 1.54) is 34.8 Å². The van der Waals surface area contributed by atoms with Gasteiger partial charge < -0.3 is 9.30 Å². The van der Waals surface area contributed by atoms with E-state index in [0.717, 1.165) is 41.5 Å². The van der Waals surface area contributed by atoms with Crippen molar-refractivity contribution in [3.05, 3.63) is 76.4 Å². The Hall–Kier alpha value is -5.28. The fourth-order valence-electron chi connectivity index (χ4n) is 4.98. The van der Waals surface area contributed by atoms with Gasteiger partial charge in [0.25, 0.3) is 26.9 Å². The van der Waals surface area contributed by atoms with Crippen molar-refractivity contribution in [2.45, 2.75) is 38.9 Å². The number of aryl methyl sites for hydroxylation is 1. The molecular weight excluding hydrogens is 672 g/mol.